The first-order valence-electron chi connectivity index (χ1n) is 4.91. The van der Waals surface area contributed by atoms with E-state index < -0.39 is 19.6 Å². The SMILES string of the molecule is CC(C)C[C@H](NCC=CP(=O)(O)O)C(=O)O. The van der Waals surface area contributed by atoms with Gasteiger partial charge in [0.15, 0.2) is 0 Å². The van der Waals surface area contributed by atoms with Crippen molar-refractivity contribution >= 4 is 13.6 Å². The van der Waals surface area contributed by atoms with E-state index in [1.165, 1.54) is 6.08 Å². The number of carboxylic acid groups (broad SMARTS) is 1. The van der Waals surface area contributed by atoms with Crippen molar-refractivity contribution in [3.05, 3.63) is 11.9 Å². The highest BCUT2D eigenvalue weighted by atomic mass is 31.2. The Morgan fingerprint density at radius 2 is 2.00 bits per heavy atom. The second-order valence-corrected chi connectivity index (χ2v) is 5.38. The second kappa shape index (κ2) is 6.81. The van der Waals surface area contributed by atoms with Crippen molar-refractivity contribution in [3.63, 3.8) is 0 Å². The fourth-order valence-corrected chi connectivity index (χ4v) is 1.52. The van der Waals surface area contributed by atoms with Gasteiger partial charge in [-0.3, -0.25) is 9.36 Å². The summed E-state index contributed by atoms with van der Waals surface area (Å²) in [7, 11) is -4.14. The van der Waals surface area contributed by atoms with Crippen molar-refractivity contribution < 1.29 is 24.3 Å². The zero-order valence-electron chi connectivity index (χ0n) is 9.33. The minimum atomic E-state index is -4.14. The largest absolute Gasteiger partial charge is 0.480 e. The lowest BCUT2D eigenvalue weighted by atomic mass is 10.0. The molecule has 0 aromatic carbocycles. The van der Waals surface area contributed by atoms with E-state index in [0.717, 1.165) is 5.82 Å². The highest BCUT2D eigenvalue weighted by molar-refractivity contribution is 7.55. The zero-order chi connectivity index (χ0) is 12.8. The van der Waals surface area contributed by atoms with Crippen molar-refractivity contribution in [3.8, 4) is 0 Å². The van der Waals surface area contributed by atoms with Gasteiger partial charge in [-0.05, 0) is 12.3 Å². The monoisotopic (exact) mass is 251 g/mol. The van der Waals surface area contributed by atoms with Crippen molar-refractivity contribution in [1.29, 1.82) is 0 Å². The maximum absolute atomic E-state index is 10.8. The van der Waals surface area contributed by atoms with E-state index in [1.54, 1.807) is 0 Å². The number of hydrogen-bond acceptors (Lipinski definition) is 3. The maximum Gasteiger partial charge on any atom is 0.348 e. The second-order valence-electron chi connectivity index (χ2n) is 3.90. The smallest absolute Gasteiger partial charge is 0.348 e. The molecule has 0 fully saturated rings. The van der Waals surface area contributed by atoms with Gasteiger partial charge in [0.1, 0.15) is 6.04 Å². The third kappa shape index (κ3) is 8.61. The van der Waals surface area contributed by atoms with Crippen LogP contribution >= 0.6 is 7.60 Å². The third-order valence-electron chi connectivity index (χ3n) is 1.79. The zero-order valence-corrected chi connectivity index (χ0v) is 10.2. The molecule has 0 unspecified atom stereocenters. The minimum absolute atomic E-state index is 0.120. The van der Waals surface area contributed by atoms with Crippen LogP contribution in [-0.4, -0.2) is 33.4 Å². The Bertz CT molecular complexity index is 296. The van der Waals surface area contributed by atoms with Gasteiger partial charge in [0.2, 0.25) is 0 Å². The van der Waals surface area contributed by atoms with Gasteiger partial charge in [-0.25, -0.2) is 0 Å². The number of carbonyl (C=O) groups is 1. The fraction of sp³-hybridized carbons (Fsp3) is 0.667. The van der Waals surface area contributed by atoms with E-state index in [0.29, 0.717) is 6.42 Å². The summed E-state index contributed by atoms with van der Waals surface area (Å²) in [5, 5.41) is 11.5. The molecule has 0 aliphatic rings. The van der Waals surface area contributed by atoms with Gasteiger partial charge < -0.3 is 20.2 Å². The van der Waals surface area contributed by atoms with Crippen LogP contribution in [0, 0.1) is 5.92 Å². The van der Waals surface area contributed by atoms with Crippen molar-refractivity contribution in [2.24, 2.45) is 5.92 Å². The Morgan fingerprint density at radius 3 is 2.38 bits per heavy atom. The summed E-state index contributed by atoms with van der Waals surface area (Å²) in [5.41, 5.74) is 0. The standard InChI is InChI=1S/C9H18NO5P/c1-7(2)6-8(9(11)12)10-4-3-5-16(13,14)15/h3,5,7-8,10H,4,6H2,1-2H3,(H,11,12)(H2,13,14,15)/t8-/m0/s1. The Labute approximate surface area is 94.5 Å². The van der Waals surface area contributed by atoms with Gasteiger partial charge in [-0.15, -0.1) is 0 Å². The van der Waals surface area contributed by atoms with E-state index in [2.05, 4.69) is 5.32 Å². The molecule has 0 aliphatic carbocycles. The molecule has 4 N–H and O–H groups in total. The first-order chi connectivity index (χ1) is 7.22. The number of aliphatic carboxylic acids is 1. The highest BCUT2D eigenvalue weighted by Crippen LogP contribution is 2.35. The summed E-state index contributed by atoms with van der Waals surface area (Å²) < 4.78 is 10.5. The van der Waals surface area contributed by atoms with E-state index in [-0.39, 0.29) is 12.5 Å². The molecule has 0 saturated heterocycles. The summed E-state index contributed by atoms with van der Waals surface area (Å²) in [5.74, 6) is 0.0338. The molecular weight excluding hydrogens is 233 g/mol. The Kier molecular flexibility index (Phi) is 6.52. The molecule has 0 rings (SSSR count). The van der Waals surface area contributed by atoms with Gasteiger partial charge in [-0.2, -0.15) is 0 Å². The number of rotatable bonds is 7. The van der Waals surface area contributed by atoms with Crippen LogP contribution in [0.4, 0.5) is 0 Å². The van der Waals surface area contributed by atoms with E-state index in [1.807, 2.05) is 13.8 Å². The summed E-state index contributed by atoms with van der Waals surface area (Å²) >= 11 is 0. The molecule has 0 aliphatic heterocycles. The van der Waals surface area contributed by atoms with Crippen LogP contribution in [0.15, 0.2) is 11.9 Å². The Hall–Kier alpha value is -0.680. The molecule has 0 aromatic heterocycles. The van der Waals surface area contributed by atoms with Gasteiger partial charge in [0, 0.05) is 12.4 Å². The first-order valence-corrected chi connectivity index (χ1v) is 6.59. The molecule has 16 heavy (non-hydrogen) atoms. The summed E-state index contributed by atoms with van der Waals surface area (Å²) in [6.07, 6.45) is 1.70. The topological polar surface area (TPSA) is 107 Å². The lowest BCUT2D eigenvalue weighted by Gasteiger charge is -2.15. The van der Waals surface area contributed by atoms with Crippen LogP contribution in [-0.2, 0) is 9.36 Å². The summed E-state index contributed by atoms with van der Waals surface area (Å²) in [4.78, 5) is 27.8. The predicted molar refractivity (Wildman–Crippen MR) is 60.1 cm³/mol. The molecular formula is C9H18NO5P. The molecule has 0 spiro atoms. The van der Waals surface area contributed by atoms with Gasteiger partial charge >= 0.3 is 13.6 Å². The molecule has 0 aromatic rings. The van der Waals surface area contributed by atoms with Crippen LogP contribution in [0.2, 0.25) is 0 Å². The van der Waals surface area contributed by atoms with Crippen molar-refractivity contribution in [1.82, 2.24) is 5.32 Å². The highest BCUT2D eigenvalue weighted by Gasteiger charge is 2.17. The van der Waals surface area contributed by atoms with Crippen LogP contribution in [0.5, 0.6) is 0 Å². The predicted octanol–water partition coefficient (Wildman–Crippen LogP) is 0.767. The van der Waals surface area contributed by atoms with E-state index in [4.69, 9.17) is 14.9 Å². The molecule has 6 nitrogen and oxygen atoms in total. The summed E-state index contributed by atoms with van der Waals surface area (Å²) in [6.45, 7) is 3.93. The Morgan fingerprint density at radius 1 is 1.44 bits per heavy atom. The van der Waals surface area contributed by atoms with Gasteiger partial charge in [-0.1, -0.05) is 19.9 Å². The van der Waals surface area contributed by atoms with Crippen molar-refractivity contribution in [2.75, 3.05) is 6.54 Å². The van der Waals surface area contributed by atoms with Crippen LogP contribution in [0.1, 0.15) is 20.3 Å². The lowest BCUT2D eigenvalue weighted by molar-refractivity contribution is -0.139. The molecule has 0 bridgehead atoms. The minimum Gasteiger partial charge on any atom is -0.480 e. The van der Waals surface area contributed by atoms with Gasteiger partial charge in [0.25, 0.3) is 0 Å². The normalized spacial score (nSPS) is 14.6. The van der Waals surface area contributed by atoms with Crippen molar-refractivity contribution in [2.45, 2.75) is 26.3 Å². The molecule has 1 atom stereocenters. The van der Waals surface area contributed by atoms with Crippen LogP contribution in [0.3, 0.4) is 0 Å². The maximum atomic E-state index is 10.8. The molecule has 94 valence electrons. The quantitative estimate of drug-likeness (QED) is 0.498. The average Bonchev–Trinajstić information content (AvgIpc) is 2.07. The molecule has 0 saturated carbocycles. The average molecular weight is 251 g/mol. The number of nitrogens with one attached hydrogen (secondary N) is 1. The first kappa shape index (κ1) is 15.3. The van der Waals surface area contributed by atoms with Crippen LogP contribution in [0.25, 0.3) is 0 Å². The molecule has 7 heteroatoms. The lowest BCUT2D eigenvalue weighted by Crippen LogP contribution is -2.37. The van der Waals surface area contributed by atoms with E-state index >= 15 is 0 Å². The Balaban J connectivity index is 4.09. The fourth-order valence-electron chi connectivity index (χ4n) is 1.14. The van der Waals surface area contributed by atoms with Crippen LogP contribution < -0.4 is 5.32 Å². The molecule has 0 heterocycles. The summed E-state index contributed by atoms with van der Waals surface area (Å²) in [6, 6.07) is -0.693. The number of hydrogen-bond donors (Lipinski definition) is 4. The van der Waals surface area contributed by atoms with Gasteiger partial charge in [0.05, 0.1) is 0 Å². The third-order valence-corrected chi connectivity index (χ3v) is 2.39. The molecule has 0 amide bonds. The molecule has 0 radical (unpaired) electrons. The van der Waals surface area contributed by atoms with E-state index in [9.17, 15) is 9.36 Å². The number of carboxylic acids is 1.